The normalized spacial score (nSPS) is 11.7. The van der Waals surface area contributed by atoms with Crippen LogP contribution in [0, 0.1) is 11.6 Å². The summed E-state index contributed by atoms with van der Waals surface area (Å²) >= 11 is 1.28. The highest BCUT2D eigenvalue weighted by molar-refractivity contribution is 7.98. The largest absolute Gasteiger partial charge is 0.344 e. The number of thioether (sulfide) groups is 1. The Bertz CT molecular complexity index is 1870. The summed E-state index contributed by atoms with van der Waals surface area (Å²) in [5.41, 5.74) is 3.69. The van der Waals surface area contributed by atoms with E-state index in [0.29, 0.717) is 35.0 Å². The van der Waals surface area contributed by atoms with Crippen molar-refractivity contribution in [3.05, 3.63) is 146 Å². The molecule has 2 aromatic heterocycles. The summed E-state index contributed by atoms with van der Waals surface area (Å²) in [7, 11) is 1.71. The molecule has 45 heavy (non-hydrogen) atoms. The van der Waals surface area contributed by atoms with E-state index in [4.69, 9.17) is 0 Å². The van der Waals surface area contributed by atoms with Crippen molar-refractivity contribution in [3.63, 3.8) is 0 Å². The van der Waals surface area contributed by atoms with Crippen LogP contribution in [0.1, 0.15) is 41.5 Å². The summed E-state index contributed by atoms with van der Waals surface area (Å²) in [6.45, 7) is 2.19. The quantitative estimate of drug-likeness (QED) is 0.148. The maximum atomic E-state index is 13.5. The number of halogens is 2. The Labute approximate surface area is 262 Å². The third-order valence-electron chi connectivity index (χ3n) is 7.43. The van der Waals surface area contributed by atoms with E-state index in [2.05, 4.69) is 15.0 Å². The zero-order valence-corrected chi connectivity index (χ0v) is 25.6. The van der Waals surface area contributed by atoms with Crippen LogP contribution >= 0.6 is 11.8 Å². The highest BCUT2D eigenvalue weighted by Gasteiger charge is 2.21. The predicted molar refractivity (Wildman–Crippen MR) is 170 cm³/mol. The monoisotopic (exact) mass is 627 g/mol. The number of nitrogens with zero attached hydrogens (tertiary/aromatic N) is 4. The van der Waals surface area contributed by atoms with Crippen LogP contribution < -0.4 is 11.2 Å². The lowest BCUT2D eigenvalue weighted by atomic mass is 9.93. The first-order valence-corrected chi connectivity index (χ1v) is 15.3. The first kappa shape index (κ1) is 31.5. The predicted octanol–water partition coefficient (Wildman–Crippen LogP) is 5.76. The van der Waals surface area contributed by atoms with Gasteiger partial charge in [0, 0.05) is 49.4 Å². The van der Waals surface area contributed by atoms with E-state index in [1.54, 1.807) is 47.0 Å². The molecule has 0 aliphatic rings. The van der Waals surface area contributed by atoms with Gasteiger partial charge < -0.3 is 14.5 Å². The van der Waals surface area contributed by atoms with Gasteiger partial charge in [-0.15, -0.1) is 0 Å². The van der Waals surface area contributed by atoms with Gasteiger partial charge in [-0.1, -0.05) is 67.2 Å². The van der Waals surface area contributed by atoms with E-state index in [1.165, 1.54) is 48.4 Å². The van der Waals surface area contributed by atoms with Crippen molar-refractivity contribution in [1.82, 2.24) is 24.4 Å². The number of aromatic nitrogens is 4. The number of likely N-dealkylation sites (N-methyl/N-ethyl adjacent to an activating group) is 1. The highest BCUT2D eigenvalue weighted by Crippen LogP contribution is 2.27. The van der Waals surface area contributed by atoms with Crippen LogP contribution in [-0.4, -0.2) is 37.4 Å². The fraction of sp³-hybridized carbons (Fsp3) is 0.206. The molecule has 0 spiro atoms. The molecule has 11 heteroatoms. The lowest BCUT2D eigenvalue weighted by molar-refractivity contribution is -0.131. The number of hydrogen-bond donors (Lipinski definition) is 1. The molecule has 0 radical (unpaired) electrons. The average Bonchev–Trinajstić information content (AvgIpc) is 3.04. The number of H-pyrrole nitrogens is 1. The minimum Gasteiger partial charge on any atom is -0.340 e. The first-order chi connectivity index (χ1) is 21.7. The molecule has 0 aliphatic carbocycles. The number of nitrogens with one attached hydrogen (secondary N) is 1. The summed E-state index contributed by atoms with van der Waals surface area (Å²) in [5, 5.41) is 0.355. The fourth-order valence-electron chi connectivity index (χ4n) is 4.94. The molecule has 5 rings (SSSR count). The van der Waals surface area contributed by atoms with Crippen LogP contribution in [0.5, 0.6) is 0 Å². The Morgan fingerprint density at radius 1 is 0.933 bits per heavy atom. The van der Waals surface area contributed by atoms with E-state index in [1.807, 2.05) is 31.2 Å². The van der Waals surface area contributed by atoms with E-state index >= 15 is 0 Å². The number of carbonyl (C=O) groups is 1. The molecular formula is C34H31F2N5O3S. The van der Waals surface area contributed by atoms with E-state index in [9.17, 15) is 23.2 Å². The summed E-state index contributed by atoms with van der Waals surface area (Å²) in [4.78, 5) is 50.7. The highest BCUT2D eigenvalue weighted by atomic mass is 32.2. The van der Waals surface area contributed by atoms with E-state index in [0.717, 1.165) is 22.3 Å². The minimum absolute atomic E-state index is 0.0729. The number of amides is 1. The van der Waals surface area contributed by atoms with Gasteiger partial charge in [0.15, 0.2) is 5.16 Å². The van der Waals surface area contributed by atoms with Gasteiger partial charge in [0.2, 0.25) is 5.91 Å². The number of aromatic amines is 1. The lowest BCUT2D eigenvalue weighted by Crippen LogP contribution is -2.32. The fourth-order valence-corrected chi connectivity index (χ4v) is 5.86. The first-order valence-electron chi connectivity index (χ1n) is 14.3. The zero-order valence-electron chi connectivity index (χ0n) is 24.7. The molecule has 230 valence electrons. The zero-order chi connectivity index (χ0) is 31.9. The second kappa shape index (κ2) is 14.3. The second-order valence-electron chi connectivity index (χ2n) is 10.6. The third kappa shape index (κ3) is 7.98. The van der Waals surface area contributed by atoms with E-state index in [-0.39, 0.29) is 24.1 Å². The van der Waals surface area contributed by atoms with Crippen molar-refractivity contribution in [2.75, 3.05) is 7.05 Å². The van der Waals surface area contributed by atoms with Crippen LogP contribution in [0.15, 0.2) is 106 Å². The molecule has 1 atom stereocenters. The van der Waals surface area contributed by atoms with E-state index < -0.39 is 17.2 Å². The number of benzene rings is 3. The van der Waals surface area contributed by atoms with Gasteiger partial charge in [0.25, 0.3) is 5.56 Å². The molecule has 0 aliphatic heterocycles. The van der Waals surface area contributed by atoms with Gasteiger partial charge in [0.1, 0.15) is 18.2 Å². The average molecular weight is 628 g/mol. The molecule has 3 aromatic carbocycles. The van der Waals surface area contributed by atoms with Crippen molar-refractivity contribution in [3.8, 4) is 11.1 Å². The summed E-state index contributed by atoms with van der Waals surface area (Å²) < 4.78 is 28.4. The lowest BCUT2D eigenvalue weighted by Gasteiger charge is -2.21. The number of carbonyl (C=O) groups excluding carboxylic acids is 1. The Morgan fingerprint density at radius 2 is 1.53 bits per heavy atom. The maximum absolute atomic E-state index is 13.5. The van der Waals surface area contributed by atoms with Crippen LogP contribution in [-0.2, 0) is 23.6 Å². The molecule has 5 aromatic rings. The third-order valence-corrected chi connectivity index (χ3v) is 8.49. The SMILES string of the molecule is CCC(c1cnc(=O)[nH]c1)c1cn(CC(=O)N(C)Cc2ccc(-c3ccc(F)cc3)cc2)c(SCc2ccc(F)cc2)nc1=O. The van der Waals surface area contributed by atoms with Crippen LogP contribution in [0.3, 0.4) is 0 Å². The summed E-state index contributed by atoms with van der Waals surface area (Å²) in [5.74, 6) is -0.821. The van der Waals surface area contributed by atoms with Gasteiger partial charge in [-0.2, -0.15) is 4.98 Å². The Morgan fingerprint density at radius 3 is 2.13 bits per heavy atom. The number of hydrogen-bond acceptors (Lipinski definition) is 6. The summed E-state index contributed by atoms with van der Waals surface area (Å²) in [6, 6.07) is 20.0. The topological polar surface area (TPSA) is 101 Å². The molecule has 1 N–H and O–H groups in total. The van der Waals surface area contributed by atoms with Crippen molar-refractivity contribution in [2.45, 2.75) is 43.3 Å². The van der Waals surface area contributed by atoms with Crippen LogP contribution in [0.25, 0.3) is 11.1 Å². The maximum Gasteiger partial charge on any atom is 0.344 e. The number of rotatable bonds is 11. The minimum atomic E-state index is -0.490. The van der Waals surface area contributed by atoms with Gasteiger partial charge >= 0.3 is 5.69 Å². The molecule has 0 bridgehead atoms. The smallest absolute Gasteiger partial charge is 0.340 e. The molecule has 1 amide bonds. The van der Waals surface area contributed by atoms with Crippen molar-refractivity contribution < 1.29 is 13.6 Å². The molecule has 2 heterocycles. The molecule has 0 fully saturated rings. The van der Waals surface area contributed by atoms with Gasteiger partial charge in [-0.05, 0) is 58.5 Å². The molecule has 0 saturated heterocycles. The van der Waals surface area contributed by atoms with Crippen molar-refractivity contribution in [1.29, 1.82) is 0 Å². The molecule has 0 saturated carbocycles. The van der Waals surface area contributed by atoms with Gasteiger partial charge in [0.05, 0.1) is 0 Å². The van der Waals surface area contributed by atoms with Crippen molar-refractivity contribution in [2.24, 2.45) is 0 Å². The summed E-state index contributed by atoms with van der Waals surface area (Å²) in [6.07, 6.45) is 5.17. The Hall–Kier alpha value is -4.90. The van der Waals surface area contributed by atoms with Gasteiger partial charge in [-0.25, -0.2) is 18.6 Å². The van der Waals surface area contributed by atoms with Crippen LogP contribution in [0.4, 0.5) is 8.78 Å². The molecular weight excluding hydrogens is 596 g/mol. The standard InChI is InChI=1S/C34H31F2N5O3S/c1-3-29(26-16-37-33(44)38-17-26)30-19-41(34(39-32(30)43)45-21-23-6-12-27(35)13-7-23)20-31(42)40(2)18-22-4-8-24(9-5-22)25-10-14-28(36)15-11-25/h4-17,19,29H,3,18,20-21H2,1-2H3,(H,37,38,44). The van der Waals surface area contributed by atoms with Gasteiger partial charge in [-0.3, -0.25) is 9.59 Å². The Balaban J connectivity index is 1.38. The second-order valence-corrected chi connectivity index (χ2v) is 11.5. The molecule has 1 unspecified atom stereocenters. The molecule has 8 nitrogen and oxygen atoms in total. The van der Waals surface area contributed by atoms with Crippen LogP contribution in [0.2, 0.25) is 0 Å². The Kier molecular flexibility index (Phi) is 9.99. The van der Waals surface area contributed by atoms with Crippen molar-refractivity contribution >= 4 is 17.7 Å².